The summed E-state index contributed by atoms with van der Waals surface area (Å²) < 4.78 is 27.5. The van der Waals surface area contributed by atoms with E-state index < -0.39 is 11.6 Å². The van der Waals surface area contributed by atoms with E-state index in [9.17, 15) is 8.78 Å². The molecule has 0 spiro atoms. The number of halogens is 2. The number of aryl methyl sites for hydroxylation is 1. The van der Waals surface area contributed by atoms with Gasteiger partial charge in [0.2, 0.25) is 0 Å². The molecular weight excluding hydrogens is 278 g/mol. The standard InChI is InChI=1S/C10H10F2N4S2/c1-3-13-8-6(11)4-7(12)9(14-8)18-10-16-15-5(2)17-10/h4H,3H2,1-2H3,(H,13,14). The molecule has 96 valence electrons. The van der Waals surface area contributed by atoms with Crippen molar-refractivity contribution in [3.63, 3.8) is 0 Å². The molecule has 0 atom stereocenters. The number of nitrogens with zero attached hydrogens (tertiary/aromatic N) is 3. The number of rotatable bonds is 4. The zero-order chi connectivity index (χ0) is 13.1. The van der Waals surface area contributed by atoms with Gasteiger partial charge in [-0.15, -0.1) is 10.2 Å². The Kier molecular flexibility index (Phi) is 4.07. The third kappa shape index (κ3) is 2.94. The second-order valence-electron chi connectivity index (χ2n) is 3.33. The van der Waals surface area contributed by atoms with Crippen LogP contribution in [-0.2, 0) is 0 Å². The molecule has 0 amide bonds. The summed E-state index contributed by atoms with van der Waals surface area (Å²) in [6, 6.07) is 0.821. The van der Waals surface area contributed by atoms with Gasteiger partial charge < -0.3 is 5.32 Å². The first-order valence-electron chi connectivity index (χ1n) is 5.18. The smallest absolute Gasteiger partial charge is 0.180 e. The summed E-state index contributed by atoms with van der Waals surface area (Å²) in [5.74, 6) is -1.36. The van der Waals surface area contributed by atoms with Crippen LogP contribution in [0.2, 0.25) is 0 Å². The summed E-state index contributed by atoms with van der Waals surface area (Å²) in [5.41, 5.74) is 0. The van der Waals surface area contributed by atoms with Gasteiger partial charge in [0.15, 0.2) is 21.8 Å². The average molecular weight is 288 g/mol. The summed E-state index contributed by atoms with van der Waals surface area (Å²) in [4.78, 5) is 3.91. The minimum absolute atomic E-state index is 0.0441. The molecule has 1 N–H and O–H groups in total. The van der Waals surface area contributed by atoms with Gasteiger partial charge >= 0.3 is 0 Å². The Labute approximate surface area is 111 Å². The van der Waals surface area contributed by atoms with Crippen molar-refractivity contribution in [1.29, 1.82) is 0 Å². The van der Waals surface area contributed by atoms with Crippen LogP contribution in [0.5, 0.6) is 0 Å². The highest BCUT2D eigenvalue weighted by Crippen LogP contribution is 2.31. The molecule has 0 saturated carbocycles. The molecule has 0 unspecified atom stereocenters. The number of anilines is 1. The lowest BCUT2D eigenvalue weighted by Crippen LogP contribution is -2.04. The Morgan fingerprint density at radius 3 is 2.72 bits per heavy atom. The maximum Gasteiger partial charge on any atom is 0.180 e. The van der Waals surface area contributed by atoms with E-state index in [1.54, 1.807) is 6.92 Å². The minimum atomic E-state index is -0.702. The molecule has 4 nitrogen and oxygen atoms in total. The summed E-state index contributed by atoms with van der Waals surface area (Å²) >= 11 is 2.37. The molecule has 0 aliphatic heterocycles. The van der Waals surface area contributed by atoms with Crippen LogP contribution in [0.25, 0.3) is 0 Å². The van der Waals surface area contributed by atoms with E-state index >= 15 is 0 Å². The molecule has 0 aromatic carbocycles. The largest absolute Gasteiger partial charge is 0.368 e. The van der Waals surface area contributed by atoms with E-state index in [-0.39, 0.29) is 10.8 Å². The van der Waals surface area contributed by atoms with Gasteiger partial charge in [-0.2, -0.15) is 0 Å². The molecule has 0 aliphatic rings. The Bertz CT molecular complexity index is 559. The predicted molar refractivity (Wildman–Crippen MR) is 67.1 cm³/mol. The van der Waals surface area contributed by atoms with Crippen molar-refractivity contribution in [3.8, 4) is 0 Å². The fourth-order valence-corrected chi connectivity index (χ4v) is 2.94. The summed E-state index contributed by atoms with van der Waals surface area (Å²) in [6.45, 7) is 4.13. The van der Waals surface area contributed by atoms with E-state index in [1.807, 2.05) is 6.92 Å². The highest BCUT2D eigenvalue weighted by Gasteiger charge is 2.14. The quantitative estimate of drug-likeness (QED) is 0.937. The van der Waals surface area contributed by atoms with Crippen LogP contribution in [-0.4, -0.2) is 21.7 Å². The Morgan fingerprint density at radius 2 is 2.11 bits per heavy atom. The Morgan fingerprint density at radius 1 is 1.33 bits per heavy atom. The Hall–Kier alpha value is -1.28. The van der Waals surface area contributed by atoms with Crippen molar-refractivity contribution in [3.05, 3.63) is 22.7 Å². The maximum atomic E-state index is 13.6. The molecule has 0 saturated heterocycles. The van der Waals surface area contributed by atoms with Crippen molar-refractivity contribution in [2.45, 2.75) is 23.2 Å². The normalized spacial score (nSPS) is 10.7. The van der Waals surface area contributed by atoms with Gasteiger partial charge in [0, 0.05) is 12.6 Å². The molecule has 2 aromatic heterocycles. The van der Waals surface area contributed by atoms with E-state index in [0.717, 1.165) is 22.8 Å². The van der Waals surface area contributed by atoms with Gasteiger partial charge in [0.25, 0.3) is 0 Å². The molecule has 0 radical (unpaired) electrons. The van der Waals surface area contributed by atoms with Crippen molar-refractivity contribution >= 4 is 28.9 Å². The van der Waals surface area contributed by atoms with Crippen molar-refractivity contribution in [2.75, 3.05) is 11.9 Å². The molecule has 18 heavy (non-hydrogen) atoms. The second-order valence-corrected chi connectivity index (χ2v) is 5.74. The third-order valence-electron chi connectivity index (χ3n) is 1.93. The maximum absolute atomic E-state index is 13.6. The summed E-state index contributed by atoms with van der Waals surface area (Å²) in [6.07, 6.45) is 0. The molecule has 0 aliphatic carbocycles. The lowest BCUT2D eigenvalue weighted by molar-refractivity contribution is 0.551. The van der Waals surface area contributed by atoms with Gasteiger partial charge in [-0.3, -0.25) is 0 Å². The number of aromatic nitrogens is 3. The van der Waals surface area contributed by atoms with E-state index in [1.165, 1.54) is 11.3 Å². The first-order valence-corrected chi connectivity index (χ1v) is 6.81. The minimum Gasteiger partial charge on any atom is -0.368 e. The zero-order valence-corrected chi connectivity index (χ0v) is 11.3. The van der Waals surface area contributed by atoms with E-state index in [2.05, 4.69) is 20.5 Å². The second kappa shape index (κ2) is 5.57. The van der Waals surface area contributed by atoms with Crippen molar-refractivity contribution < 1.29 is 8.78 Å². The molecule has 0 bridgehead atoms. The van der Waals surface area contributed by atoms with Crippen LogP contribution in [0.3, 0.4) is 0 Å². The highest BCUT2D eigenvalue weighted by molar-refractivity contribution is 8.01. The molecule has 0 fully saturated rings. The topological polar surface area (TPSA) is 50.7 Å². The first kappa shape index (κ1) is 13.2. The van der Waals surface area contributed by atoms with Crippen molar-refractivity contribution in [2.24, 2.45) is 0 Å². The fourth-order valence-electron chi connectivity index (χ4n) is 1.22. The molecular formula is C10H10F2N4S2. The third-order valence-corrected chi connectivity index (χ3v) is 3.80. The molecule has 8 heteroatoms. The predicted octanol–water partition coefficient (Wildman–Crippen LogP) is 3.10. The molecule has 2 rings (SSSR count). The summed E-state index contributed by atoms with van der Waals surface area (Å²) in [5, 5.41) is 11.3. The monoisotopic (exact) mass is 288 g/mol. The number of hydrogen-bond acceptors (Lipinski definition) is 6. The SMILES string of the molecule is CCNc1nc(Sc2nnc(C)s2)c(F)cc1F. The van der Waals surface area contributed by atoms with Gasteiger partial charge in [0.05, 0.1) is 0 Å². The van der Waals surface area contributed by atoms with Crippen LogP contribution in [0.1, 0.15) is 11.9 Å². The van der Waals surface area contributed by atoms with Gasteiger partial charge in [-0.1, -0.05) is 11.3 Å². The van der Waals surface area contributed by atoms with Crippen LogP contribution >= 0.6 is 23.1 Å². The van der Waals surface area contributed by atoms with Crippen molar-refractivity contribution in [1.82, 2.24) is 15.2 Å². The fraction of sp³-hybridized carbons (Fsp3) is 0.300. The molecule has 2 heterocycles. The van der Waals surface area contributed by atoms with Gasteiger partial charge in [0.1, 0.15) is 10.0 Å². The number of pyridine rings is 1. The van der Waals surface area contributed by atoms with Gasteiger partial charge in [-0.25, -0.2) is 13.8 Å². The Balaban J connectivity index is 2.29. The van der Waals surface area contributed by atoms with Crippen LogP contribution in [0, 0.1) is 18.6 Å². The van der Waals surface area contributed by atoms with Crippen LogP contribution in [0.4, 0.5) is 14.6 Å². The van der Waals surface area contributed by atoms with E-state index in [0.29, 0.717) is 10.9 Å². The number of nitrogens with one attached hydrogen (secondary N) is 1. The number of hydrogen-bond donors (Lipinski definition) is 1. The van der Waals surface area contributed by atoms with Crippen LogP contribution in [0.15, 0.2) is 15.4 Å². The highest BCUT2D eigenvalue weighted by atomic mass is 32.2. The lowest BCUT2D eigenvalue weighted by Gasteiger charge is -2.06. The van der Waals surface area contributed by atoms with E-state index in [4.69, 9.17) is 0 Å². The lowest BCUT2D eigenvalue weighted by atomic mass is 10.4. The van der Waals surface area contributed by atoms with Gasteiger partial charge in [-0.05, 0) is 25.6 Å². The molecule has 2 aromatic rings. The summed E-state index contributed by atoms with van der Waals surface area (Å²) in [7, 11) is 0. The average Bonchev–Trinajstić information content (AvgIpc) is 2.71. The first-order chi connectivity index (χ1) is 8.60. The van der Waals surface area contributed by atoms with Crippen LogP contribution < -0.4 is 5.32 Å². The zero-order valence-electron chi connectivity index (χ0n) is 9.70.